The molecule has 0 atom stereocenters. The number of nitrogens with zero attached hydrogens (tertiary/aromatic N) is 1. The minimum Gasteiger partial charge on any atom is -0.495 e. The first kappa shape index (κ1) is 25.0. The molecule has 2 rings (SSSR count). The van der Waals surface area contributed by atoms with Crippen LogP contribution < -0.4 is 14.4 Å². The summed E-state index contributed by atoms with van der Waals surface area (Å²) in [4.78, 5) is 13.1. The summed E-state index contributed by atoms with van der Waals surface area (Å²) in [5.41, 5.74) is -0.332. The predicted molar refractivity (Wildman–Crippen MR) is 125 cm³/mol. The Labute approximate surface area is 190 Å². The number of anilines is 1. The van der Waals surface area contributed by atoms with Gasteiger partial charge in [0.25, 0.3) is 10.0 Å². The quantitative estimate of drug-likeness (QED) is 0.601. The fourth-order valence-electron chi connectivity index (χ4n) is 3.79. The number of benzene rings is 2. The largest absolute Gasteiger partial charge is 0.495 e. The van der Waals surface area contributed by atoms with Crippen LogP contribution in [0.1, 0.15) is 41.0 Å². The molecule has 0 aromatic heterocycles. The highest BCUT2D eigenvalue weighted by molar-refractivity contribution is 7.92. The zero-order valence-electron chi connectivity index (χ0n) is 18.9. The predicted octanol–water partition coefficient (Wildman–Crippen LogP) is 4.87. The molecule has 0 heterocycles. The summed E-state index contributed by atoms with van der Waals surface area (Å²) >= 11 is 6.15. The Morgan fingerprint density at radius 2 is 1.68 bits per heavy atom. The number of hydrogen-bond donors (Lipinski definition) is 1. The maximum absolute atomic E-state index is 13.5. The van der Waals surface area contributed by atoms with Crippen LogP contribution in [0.25, 0.3) is 0 Å². The topological polar surface area (TPSA) is 75.7 Å². The van der Waals surface area contributed by atoms with Gasteiger partial charge < -0.3 is 10.1 Å². The van der Waals surface area contributed by atoms with Crippen LogP contribution in [0.4, 0.5) is 5.69 Å². The zero-order chi connectivity index (χ0) is 23.4. The molecule has 0 aliphatic carbocycles. The number of rotatable bonds is 8. The van der Waals surface area contributed by atoms with E-state index in [1.165, 1.54) is 25.3 Å². The van der Waals surface area contributed by atoms with Gasteiger partial charge in [-0.15, -0.1) is 0 Å². The molecular formula is C23H31ClN2O4S. The van der Waals surface area contributed by atoms with Crippen molar-refractivity contribution >= 4 is 33.2 Å². The highest BCUT2D eigenvalue weighted by Gasteiger charge is 2.32. The first-order valence-electron chi connectivity index (χ1n) is 9.97. The molecule has 8 heteroatoms. The van der Waals surface area contributed by atoms with Gasteiger partial charge in [0, 0.05) is 10.6 Å². The Morgan fingerprint density at radius 3 is 2.23 bits per heavy atom. The Balaban J connectivity index is 2.47. The van der Waals surface area contributed by atoms with Crippen LogP contribution in [0, 0.1) is 5.41 Å². The molecule has 0 radical (unpaired) electrons. The number of ether oxygens (including phenoxy) is 1. The van der Waals surface area contributed by atoms with Crippen LogP contribution >= 0.6 is 11.6 Å². The second-order valence-corrected chi connectivity index (χ2v) is 11.6. The van der Waals surface area contributed by atoms with E-state index in [1.54, 1.807) is 30.3 Å². The second-order valence-electron chi connectivity index (χ2n) is 9.31. The monoisotopic (exact) mass is 466 g/mol. The van der Waals surface area contributed by atoms with Gasteiger partial charge in [-0.2, -0.15) is 0 Å². The van der Waals surface area contributed by atoms with Crippen molar-refractivity contribution in [2.45, 2.75) is 51.5 Å². The lowest BCUT2D eigenvalue weighted by atomic mass is 9.82. The van der Waals surface area contributed by atoms with Gasteiger partial charge in [0.2, 0.25) is 5.91 Å². The van der Waals surface area contributed by atoms with E-state index in [4.69, 9.17) is 16.3 Å². The third-order valence-corrected chi connectivity index (χ3v) is 6.49. The molecule has 0 unspecified atom stereocenters. The van der Waals surface area contributed by atoms with Gasteiger partial charge in [-0.1, -0.05) is 50.6 Å². The average Bonchev–Trinajstić information content (AvgIpc) is 2.64. The lowest BCUT2D eigenvalue weighted by molar-refractivity contribution is -0.121. The van der Waals surface area contributed by atoms with Gasteiger partial charge in [-0.25, -0.2) is 8.42 Å². The molecule has 31 heavy (non-hydrogen) atoms. The van der Waals surface area contributed by atoms with E-state index in [1.807, 2.05) is 13.8 Å². The van der Waals surface area contributed by atoms with Crippen molar-refractivity contribution in [1.29, 1.82) is 0 Å². The van der Waals surface area contributed by atoms with Crippen molar-refractivity contribution in [3.05, 3.63) is 53.6 Å². The Bertz CT molecular complexity index is 1020. The molecule has 2 aromatic rings. The summed E-state index contributed by atoms with van der Waals surface area (Å²) in [5.74, 6) is -0.124. The van der Waals surface area contributed by atoms with Crippen molar-refractivity contribution in [3.63, 3.8) is 0 Å². The number of amides is 1. The Hall–Kier alpha value is -2.25. The minimum atomic E-state index is -4.06. The molecule has 170 valence electrons. The van der Waals surface area contributed by atoms with Crippen LogP contribution in [0.2, 0.25) is 5.02 Å². The Kier molecular flexibility index (Phi) is 7.66. The maximum atomic E-state index is 13.5. The molecule has 0 bridgehead atoms. The molecule has 0 aliphatic heterocycles. The molecule has 6 nitrogen and oxygen atoms in total. The molecule has 2 aromatic carbocycles. The van der Waals surface area contributed by atoms with E-state index >= 15 is 0 Å². The summed E-state index contributed by atoms with van der Waals surface area (Å²) in [7, 11) is -2.62. The third kappa shape index (κ3) is 6.87. The fraction of sp³-hybridized carbons (Fsp3) is 0.435. The van der Waals surface area contributed by atoms with Gasteiger partial charge in [0.15, 0.2) is 0 Å². The molecule has 0 saturated carbocycles. The molecule has 0 spiro atoms. The maximum Gasteiger partial charge on any atom is 0.264 e. The van der Waals surface area contributed by atoms with Crippen LogP contribution in [-0.4, -0.2) is 33.5 Å². The lowest BCUT2D eigenvalue weighted by Crippen LogP contribution is -2.50. The van der Waals surface area contributed by atoms with E-state index < -0.39 is 28.0 Å². The minimum absolute atomic E-state index is 0.0112. The number of halogens is 1. The highest BCUT2D eigenvalue weighted by atomic mass is 35.5. The molecule has 0 saturated heterocycles. The lowest BCUT2D eigenvalue weighted by Gasteiger charge is -2.34. The number of carbonyl (C=O) groups is 1. The van der Waals surface area contributed by atoms with Crippen molar-refractivity contribution in [1.82, 2.24) is 5.32 Å². The highest BCUT2D eigenvalue weighted by Crippen LogP contribution is 2.35. The van der Waals surface area contributed by atoms with Gasteiger partial charge >= 0.3 is 0 Å². The summed E-state index contributed by atoms with van der Waals surface area (Å²) < 4.78 is 33.4. The van der Waals surface area contributed by atoms with Gasteiger partial charge in [0.05, 0.1) is 17.7 Å². The number of hydrogen-bond acceptors (Lipinski definition) is 4. The number of methoxy groups -OCH3 is 1. The summed E-state index contributed by atoms with van der Waals surface area (Å²) in [6.07, 6.45) is 0.720. The molecule has 0 aliphatic rings. The SMILES string of the molecule is COc1ccc(Cl)cc1N(CC(=O)NC(C)(C)CC(C)(C)C)S(=O)(=O)c1ccccc1. The normalized spacial score (nSPS) is 12.4. The van der Waals surface area contributed by atoms with Crippen molar-refractivity contribution in [3.8, 4) is 5.75 Å². The smallest absolute Gasteiger partial charge is 0.264 e. The first-order chi connectivity index (χ1) is 14.2. The van der Waals surface area contributed by atoms with Crippen LogP contribution in [0.5, 0.6) is 5.75 Å². The van der Waals surface area contributed by atoms with Crippen molar-refractivity contribution in [2.75, 3.05) is 18.0 Å². The second kappa shape index (κ2) is 9.49. The third-order valence-electron chi connectivity index (χ3n) is 4.48. The molecule has 1 N–H and O–H groups in total. The van der Waals surface area contributed by atoms with E-state index in [0.29, 0.717) is 10.8 Å². The number of nitrogens with one attached hydrogen (secondary N) is 1. The van der Waals surface area contributed by atoms with Crippen LogP contribution in [0.15, 0.2) is 53.4 Å². The van der Waals surface area contributed by atoms with Gasteiger partial charge in [-0.05, 0) is 56.0 Å². The summed E-state index contributed by atoms with van der Waals surface area (Å²) in [6.45, 7) is 9.69. The van der Waals surface area contributed by atoms with Gasteiger partial charge in [-0.3, -0.25) is 9.10 Å². The van der Waals surface area contributed by atoms with Crippen molar-refractivity contribution < 1.29 is 17.9 Å². The van der Waals surface area contributed by atoms with E-state index in [-0.39, 0.29) is 16.0 Å². The molecule has 0 fully saturated rings. The molecular weight excluding hydrogens is 436 g/mol. The zero-order valence-corrected chi connectivity index (χ0v) is 20.5. The van der Waals surface area contributed by atoms with E-state index in [0.717, 1.165) is 10.7 Å². The van der Waals surface area contributed by atoms with E-state index in [9.17, 15) is 13.2 Å². The summed E-state index contributed by atoms with van der Waals surface area (Å²) in [5, 5.41) is 3.30. The number of carbonyl (C=O) groups excluding carboxylic acids is 1. The molecule has 1 amide bonds. The van der Waals surface area contributed by atoms with Crippen LogP contribution in [-0.2, 0) is 14.8 Å². The average molecular weight is 467 g/mol. The standard InChI is InChI=1S/C23H31ClN2O4S/c1-22(2,3)16-23(4,5)25-21(27)15-26(19-14-17(24)12-13-20(19)30-6)31(28,29)18-10-8-7-9-11-18/h7-14H,15-16H2,1-6H3,(H,25,27). The van der Waals surface area contributed by atoms with Crippen LogP contribution in [0.3, 0.4) is 0 Å². The van der Waals surface area contributed by atoms with E-state index in [2.05, 4.69) is 26.1 Å². The number of sulfonamides is 1. The van der Waals surface area contributed by atoms with Gasteiger partial charge in [0.1, 0.15) is 12.3 Å². The van der Waals surface area contributed by atoms with Crippen molar-refractivity contribution in [2.24, 2.45) is 5.41 Å². The summed E-state index contributed by atoms with van der Waals surface area (Å²) in [6, 6.07) is 12.6. The Morgan fingerprint density at radius 1 is 1.06 bits per heavy atom. The first-order valence-corrected chi connectivity index (χ1v) is 11.8. The fourth-order valence-corrected chi connectivity index (χ4v) is 5.41.